The molecule has 8 heteroatoms. The molecule has 2 fully saturated rings. The molecule has 2 aliphatic rings. The number of halogens is 1. The van der Waals surface area contributed by atoms with Gasteiger partial charge in [0.05, 0.1) is 17.5 Å². The van der Waals surface area contributed by atoms with Gasteiger partial charge in [0.25, 0.3) is 5.91 Å². The van der Waals surface area contributed by atoms with Crippen LogP contribution in [0.2, 0.25) is 0 Å². The van der Waals surface area contributed by atoms with Crippen LogP contribution in [0.1, 0.15) is 25.3 Å². The van der Waals surface area contributed by atoms with Crippen molar-refractivity contribution in [3.05, 3.63) is 29.8 Å². The Labute approximate surface area is 151 Å². The minimum absolute atomic E-state index is 0.0885. The Bertz CT molecular complexity index is 792. The van der Waals surface area contributed by atoms with Crippen LogP contribution in [0.15, 0.2) is 29.3 Å². The molecule has 0 unspecified atom stereocenters. The summed E-state index contributed by atoms with van der Waals surface area (Å²) in [4.78, 5) is 17.8. The topological polar surface area (TPSA) is 66.8 Å². The van der Waals surface area contributed by atoms with Crippen molar-refractivity contribution >= 4 is 50.0 Å². The number of hydrogen-bond acceptors (Lipinski definition) is 4. The summed E-state index contributed by atoms with van der Waals surface area (Å²) in [5, 5.41) is 0.454. The predicted molar refractivity (Wildman–Crippen MR) is 100.0 cm³/mol. The summed E-state index contributed by atoms with van der Waals surface area (Å²) >= 11 is 6.96. The van der Waals surface area contributed by atoms with Crippen molar-refractivity contribution in [2.45, 2.75) is 31.1 Å². The molecule has 2 saturated heterocycles. The lowest BCUT2D eigenvalue weighted by Crippen LogP contribution is -2.38. The second-order valence-corrected chi connectivity index (χ2v) is 9.93. The van der Waals surface area contributed by atoms with Crippen LogP contribution in [-0.4, -0.2) is 48.2 Å². The van der Waals surface area contributed by atoms with Crippen molar-refractivity contribution in [2.75, 3.05) is 22.3 Å². The zero-order valence-corrected chi connectivity index (χ0v) is 15.9. The molecule has 0 N–H and O–H groups in total. The summed E-state index contributed by atoms with van der Waals surface area (Å²) in [5.41, 5.74) is 2.03. The average Bonchev–Trinajstić information content (AvgIpc) is 2.97. The fourth-order valence-electron chi connectivity index (χ4n) is 3.18. The van der Waals surface area contributed by atoms with Gasteiger partial charge in [-0.25, -0.2) is 8.42 Å². The molecule has 2 atom stereocenters. The first-order valence-electron chi connectivity index (χ1n) is 7.75. The normalized spacial score (nSPS) is 27.0. The Kier molecular flexibility index (Phi) is 4.95. The van der Waals surface area contributed by atoms with Crippen molar-refractivity contribution in [1.82, 2.24) is 0 Å². The number of benzene rings is 1. The highest BCUT2D eigenvalue weighted by Gasteiger charge is 2.49. The molecular weight excluding hydrogens is 368 g/mol. The molecule has 0 aromatic heterocycles. The Morgan fingerprint density at radius 2 is 2.08 bits per heavy atom. The van der Waals surface area contributed by atoms with Gasteiger partial charge in [-0.3, -0.25) is 4.79 Å². The monoisotopic (exact) mass is 386 g/mol. The zero-order valence-electron chi connectivity index (χ0n) is 13.5. The molecule has 0 saturated carbocycles. The third kappa shape index (κ3) is 3.34. The molecule has 24 heavy (non-hydrogen) atoms. The molecule has 3 rings (SSSR count). The van der Waals surface area contributed by atoms with E-state index in [9.17, 15) is 13.2 Å². The van der Waals surface area contributed by atoms with E-state index < -0.39 is 15.7 Å². The lowest BCUT2D eigenvalue weighted by Gasteiger charge is -2.28. The maximum absolute atomic E-state index is 12.1. The smallest absolute Gasteiger partial charge is 0.262 e. The van der Waals surface area contributed by atoms with Crippen molar-refractivity contribution in [3.8, 4) is 0 Å². The number of sulfone groups is 1. The van der Waals surface area contributed by atoms with Crippen molar-refractivity contribution in [3.63, 3.8) is 0 Å². The molecule has 2 heterocycles. The number of alkyl halides is 1. The highest BCUT2D eigenvalue weighted by Crippen LogP contribution is 2.43. The number of amides is 1. The first-order valence-corrected chi connectivity index (χ1v) is 11.0. The Morgan fingerprint density at radius 1 is 1.38 bits per heavy atom. The molecule has 1 amide bonds. The van der Waals surface area contributed by atoms with E-state index in [1.165, 1.54) is 11.8 Å². The Morgan fingerprint density at radius 3 is 2.75 bits per heavy atom. The maximum Gasteiger partial charge on any atom is 0.262 e. The van der Waals surface area contributed by atoms with Gasteiger partial charge in [0, 0.05) is 10.9 Å². The van der Waals surface area contributed by atoms with Crippen LogP contribution in [0, 0.1) is 0 Å². The summed E-state index contributed by atoms with van der Waals surface area (Å²) in [6, 6.07) is 7.68. The summed E-state index contributed by atoms with van der Waals surface area (Å²) < 4.78 is 24.1. The predicted octanol–water partition coefficient (Wildman–Crippen LogP) is 2.65. The van der Waals surface area contributed by atoms with Gasteiger partial charge in [0.1, 0.15) is 5.88 Å². The fraction of sp³-hybridized carbons (Fsp3) is 0.500. The van der Waals surface area contributed by atoms with Crippen LogP contribution in [0.25, 0.3) is 0 Å². The van der Waals surface area contributed by atoms with E-state index in [4.69, 9.17) is 11.6 Å². The summed E-state index contributed by atoms with van der Waals surface area (Å²) in [7, 11) is -3.07. The maximum atomic E-state index is 12.1. The van der Waals surface area contributed by atoms with Crippen LogP contribution < -0.4 is 4.90 Å². The Balaban J connectivity index is 2.09. The summed E-state index contributed by atoms with van der Waals surface area (Å²) in [5.74, 6) is -0.110. The number of hydrogen-bond donors (Lipinski definition) is 0. The number of rotatable bonds is 3. The molecule has 1 aromatic rings. The highest BCUT2D eigenvalue weighted by molar-refractivity contribution is 8.16. The van der Waals surface area contributed by atoms with Crippen LogP contribution in [-0.2, 0) is 14.6 Å². The van der Waals surface area contributed by atoms with Crippen LogP contribution >= 0.6 is 23.4 Å². The Hall–Kier alpha value is -1.05. The van der Waals surface area contributed by atoms with E-state index in [1.807, 2.05) is 29.2 Å². The largest absolute Gasteiger partial charge is 0.315 e. The number of thioether (sulfide) groups is 1. The van der Waals surface area contributed by atoms with Crippen molar-refractivity contribution in [2.24, 2.45) is 4.99 Å². The molecule has 130 valence electrons. The molecule has 0 radical (unpaired) electrons. The number of anilines is 1. The number of nitrogens with zero attached hydrogens (tertiary/aromatic N) is 2. The second kappa shape index (κ2) is 6.69. The van der Waals surface area contributed by atoms with Gasteiger partial charge in [0.2, 0.25) is 0 Å². The van der Waals surface area contributed by atoms with E-state index in [-0.39, 0.29) is 34.6 Å². The molecule has 1 aromatic carbocycles. The molecule has 2 aliphatic heterocycles. The van der Waals surface area contributed by atoms with Gasteiger partial charge >= 0.3 is 0 Å². The number of para-hydroxylation sites is 1. The molecule has 5 nitrogen and oxygen atoms in total. The van der Waals surface area contributed by atoms with Gasteiger partial charge in [-0.2, -0.15) is 4.99 Å². The van der Waals surface area contributed by atoms with Gasteiger partial charge < -0.3 is 4.90 Å². The highest BCUT2D eigenvalue weighted by atomic mass is 35.5. The SMILES string of the molecule is CC(C)c1ccccc1N1C(=NC(=O)CCl)S[C@@H]2CS(=O)(=O)C[C@@H]21. The number of fused-ring (bicyclic) bond motifs is 1. The molecule has 0 spiro atoms. The van der Waals surface area contributed by atoms with E-state index in [0.29, 0.717) is 5.17 Å². The standard InChI is InChI=1S/C16H19ClN2O3S2/c1-10(2)11-5-3-4-6-12(11)19-13-8-24(21,22)9-14(13)23-16(19)18-15(20)7-17/h3-6,10,13-14H,7-9H2,1-2H3/t13-,14+/m0/s1. The van der Waals surface area contributed by atoms with Gasteiger partial charge in [-0.15, -0.1) is 11.6 Å². The second-order valence-electron chi connectivity index (χ2n) is 6.31. The number of carbonyl (C=O) groups is 1. The minimum Gasteiger partial charge on any atom is -0.315 e. The first kappa shape index (κ1) is 17.8. The molecule has 0 aliphatic carbocycles. The third-order valence-corrected chi connectivity index (χ3v) is 7.66. The van der Waals surface area contributed by atoms with Gasteiger partial charge in [-0.1, -0.05) is 43.8 Å². The fourth-order valence-corrected chi connectivity index (χ4v) is 7.16. The quantitative estimate of drug-likeness (QED) is 0.747. The number of aliphatic imine (C=N–C) groups is 1. The van der Waals surface area contributed by atoms with E-state index in [0.717, 1.165) is 11.3 Å². The van der Waals surface area contributed by atoms with Crippen molar-refractivity contribution in [1.29, 1.82) is 0 Å². The lowest BCUT2D eigenvalue weighted by atomic mass is 9.99. The zero-order chi connectivity index (χ0) is 17.5. The molecular formula is C16H19ClN2O3S2. The first-order chi connectivity index (χ1) is 11.3. The molecule has 0 bridgehead atoms. The van der Waals surface area contributed by atoms with Crippen molar-refractivity contribution < 1.29 is 13.2 Å². The third-order valence-electron chi connectivity index (χ3n) is 4.22. The van der Waals surface area contributed by atoms with E-state index >= 15 is 0 Å². The summed E-state index contributed by atoms with van der Waals surface area (Å²) in [6.45, 7) is 4.18. The minimum atomic E-state index is -3.07. The number of amidine groups is 1. The van der Waals surface area contributed by atoms with Crippen LogP contribution in [0.3, 0.4) is 0 Å². The number of carbonyl (C=O) groups excluding carboxylic acids is 1. The lowest BCUT2D eigenvalue weighted by molar-refractivity contribution is -0.115. The van der Waals surface area contributed by atoms with E-state index in [2.05, 4.69) is 18.8 Å². The van der Waals surface area contributed by atoms with Crippen LogP contribution in [0.5, 0.6) is 0 Å². The van der Waals surface area contributed by atoms with Crippen LogP contribution in [0.4, 0.5) is 5.69 Å². The average molecular weight is 387 g/mol. The summed E-state index contributed by atoms with van der Waals surface area (Å²) in [6.07, 6.45) is 0. The van der Waals surface area contributed by atoms with Gasteiger partial charge in [-0.05, 0) is 17.5 Å². The van der Waals surface area contributed by atoms with Gasteiger partial charge in [0.15, 0.2) is 15.0 Å². The van der Waals surface area contributed by atoms with E-state index in [1.54, 1.807) is 0 Å².